The second-order valence-corrected chi connectivity index (χ2v) is 3.79. The zero-order valence-corrected chi connectivity index (χ0v) is 9.88. The van der Waals surface area contributed by atoms with Gasteiger partial charge < -0.3 is 4.74 Å². The van der Waals surface area contributed by atoms with E-state index >= 15 is 0 Å². The highest BCUT2D eigenvalue weighted by Crippen LogP contribution is 2.19. The van der Waals surface area contributed by atoms with E-state index in [0.717, 1.165) is 17.0 Å². The van der Waals surface area contributed by atoms with Gasteiger partial charge in [-0.2, -0.15) is 0 Å². The second kappa shape index (κ2) is 4.53. The first-order valence-corrected chi connectivity index (χ1v) is 5.45. The summed E-state index contributed by atoms with van der Waals surface area (Å²) in [6.07, 6.45) is 0. The fraction of sp³-hybridized carbons (Fsp3) is 0.273. The molecule has 0 aliphatic carbocycles. The first kappa shape index (κ1) is 11.0. The van der Waals surface area contributed by atoms with Crippen molar-refractivity contribution < 1.29 is 4.74 Å². The molecule has 0 aliphatic heterocycles. The van der Waals surface area contributed by atoms with Crippen molar-refractivity contribution in [3.05, 3.63) is 35.2 Å². The van der Waals surface area contributed by atoms with E-state index in [0.29, 0.717) is 17.6 Å². The summed E-state index contributed by atoms with van der Waals surface area (Å²) in [6, 6.07) is 5.51. The smallest absolute Gasteiger partial charge is 0.240 e. The summed E-state index contributed by atoms with van der Waals surface area (Å²) < 4.78 is 5.48. The van der Waals surface area contributed by atoms with Crippen LogP contribution in [-0.4, -0.2) is 15.2 Å². The average Bonchev–Trinajstić information content (AvgIpc) is 2.64. The molecule has 1 N–H and O–H groups in total. The van der Waals surface area contributed by atoms with Gasteiger partial charge in [-0.3, -0.25) is 5.10 Å². The van der Waals surface area contributed by atoms with Gasteiger partial charge in [0.2, 0.25) is 11.8 Å². The lowest BCUT2D eigenvalue weighted by atomic mass is 10.2. The van der Waals surface area contributed by atoms with Gasteiger partial charge in [0.25, 0.3) is 0 Å². The van der Waals surface area contributed by atoms with Gasteiger partial charge in [-0.05, 0) is 19.4 Å². The minimum Gasteiger partial charge on any atom is -0.419 e. The fourth-order valence-electron chi connectivity index (χ4n) is 1.32. The number of nitrogens with one attached hydrogen (secondary N) is 1. The predicted octanol–water partition coefficient (Wildman–Crippen LogP) is 2.95. The molecule has 0 aromatic carbocycles. The minimum absolute atomic E-state index is 0.459. The number of ether oxygens (including phenoxy) is 1. The van der Waals surface area contributed by atoms with Crippen molar-refractivity contribution in [1.29, 1.82) is 0 Å². The van der Waals surface area contributed by atoms with Gasteiger partial charge >= 0.3 is 0 Å². The Morgan fingerprint density at radius 2 is 2.12 bits per heavy atom. The molecule has 0 unspecified atom stereocenters. The highest BCUT2D eigenvalue weighted by Gasteiger charge is 2.04. The standard InChI is InChI=1S/C11H12ClN3O/c1-7-5-11(15-14-7)16-10-4-3-9(6-12)8(2)13-10/h3-5H,6H2,1-2H3,(H,14,15). The molecular weight excluding hydrogens is 226 g/mol. The molecule has 0 spiro atoms. The number of aromatic nitrogens is 3. The maximum atomic E-state index is 5.75. The summed E-state index contributed by atoms with van der Waals surface area (Å²) in [5.74, 6) is 1.50. The van der Waals surface area contributed by atoms with Gasteiger partial charge in [-0.15, -0.1) is 16.7 Å². The van der Waals surface area contributed by atoms with Crippen LogP contribution in [0.4, 0.5) is 0 Å². The van der Waals surface area contributed by atoms with Crippen molar-refractivity contribution >= 4 is 11.6 Å². The Morgan fingerprint density at radius 3 is 2.69 bits per heavy atom. The van der Waals surface area contributed by atoms with Gasteiger partial charge in [0.05, 0.1) is 0 Å². The molecule has 0 saturated carbocycles. The van der Waals surface area contributed by atoms with Crippen LogP contribution < -0.4 is 4.74 Å². The van der Waals surface area contributed by atoms with Crippen LogP contribution >= 0.6 is 11.6 Å². The maximum Gasteiger partial charge on any atom is 0.240 e. The molecule has 2 aromatic heterocycles. The van der Waals surface area contributed by atoms with Crippen molar-refractivity contribution in [3.63, 3.8) is 0 Å². The van der Waals surface area contributed by atoms with Crippen LogP contribution in [0.1, 0.15) is 17.0 Å². The van der Waals surface area contributed by atoms with Crippen molar-refractivity contribution in [2.45, 2.75) is 19.7 Å². The molecule has 16 heavy (non-hydrogen) atoms. The van der Waals surface area contributed by atoms with E-state index in [1.165, 1.54) is 0 Å². The molecule has 0 amide bonds. The summed E-state index contributed by atoms with van der Waals surface area (Å²) >= 11 is 5.75. The van der Waals surface area contributed by atoms with Crippen LogP contribution in [0.2, 0.25) is 0 Å². The number of nitrogens with zero attached hydrogens (tertiary/aromatic N) is 2. The summed E-state index contributed by atoms with van der Waals surface area (Å²) in [5.41, 5.74) is 2.83. The molecule has 0 bridgehead atoms. The van der Waals surface area contributed by atoms with E-state index in [2.05, 4.69) is 15.2 Å². The molecule has 84 valence electrons. The highest BCUT2D eigenvalue weighted by atomic mass is 35.5. The van der Waals surface area contributed by atoms with E-state index < -0.39 is 0 Å². The first-order valence-electron chi connectivity index (χ1n) is 4.91. The number of hydrogen-bond acceptors (Lipinski definition) is 3. The Morgan fingerprint density at radius 1 is 1.31 bits per heavy atom. The van der Waals surface area contributed by atoms with Crippen LogP contribution in [0.5, 0.6) is 11.8 Å². The van der Waals surface area contributed by atoms with Crippen molar-refractivity contribution in [2.24, 2.45) is 0 Å². The van der Waals surface area contributed by atoms with E-state index in [-0.39, 0.29) is 0 Å². The highest BCUT2D eigenvalue weighted by molar-refractivity contribution is 6.17. The Bertz CT molecular complexity index is 496. The second-order valence-electron chi connectivity index (χ2n) is 3.52. The molecular formula is C11H12ClN3O. The molecule has 0 fully saturated rings. The summed E-state index contributed by atoms with van der Waals surface area (Å²) in [4.78, 5) is 4.29. The first-order chi connectivity index (χ1) is 7.69. The van der Waals surface area contributed by atoms with E-state index in [1.807, 2.05) is 26.0 Å². The van der Waals surface area contributed by atoms with Gasteiger partial charge in [0.1, 0.15) is 0 Å². The van der Waals surface area contributed by atoms with Crippen LogP contribution in [0.25, 0.3) is 0 Å². The Balaban J connectivity index is 2.19. The van der Waals surface area contributed by atoms with Crippen molar-refractivity contribution in [1.82, 2.24) is 15.2 Å². The van der Waals surface area contributed by atoms with Crippen LogP contribution in [0.3, 0.4) is 0 Å². The van der Waals surface area contributed by atoms with Gasteiger partial charge in [-0.1, -0.05) is 6.07 Å². The third-order valence-corrected chi connectivity index (χ3v) is 2.49. The largest absolute Gasteiger partial charge is 0.419 e. The molecule has 0 saturated heterocycles. The lowest BCUT2D eigenvalue weighted by Gasteiger charge is -2.04. The quantitative estimate of drug-likeness (QED) is 0.835. The number of pyridine rings is 1. The number of aromatic amines is 1. The SMILES string of the molecule is Cc1cc(Oc2ccc(CCl)c(C)n2)n[nH]1. The Hall–Kier alpha value is -1.55. The minimum atomic E-state index is 0.459. The number of hydrogen-bond donors (Lipinski definition) is 1. The zero-order chi connectivity index (χ0) is 11.5. The van der Waals surface area contributed by atoms with E-state index in [4.69, 9.17) is 16.3 Å². The van der Waals surface area contributed by atoms with E-state index in [9.17, 15) is 0 Å². The monoisotopic (exact) mass is 237 g/mol. The average molecular weight is 238 g/mol. The van der Waals surface area contributed by atoms with Crippen LogP contribution in [-0.2, 0) is 5.88 Å². The number of aryl methyl sites for hydroxylation is 2. The zero-order valence-electron chi connectivity index (χ0n) is 9.12. The van der Waals surface area contributed by atoms with Crippen LogP contribution in [0, 0.1) is 13.8 Å². The van der Waals surface area contributed by atoms with Gasteiger partial charge in [0, 0.05) is 29.4 Å². The van der Waals surface area contributed by atoms with Crippen molar-refractivity contribution in [2.75, 3.05) is 0 Å². The number of rotatable bonds is 3. The molecule has 2 rings (SSSR count). The molecule has 2 heterocycles. The molecule has 4 nitrogen and oxygen atoms in total. The lowest BCUT2D eigenvalue weighted by Crippen LogP contribution is -1.93. The number of H-pyrrole nitrogens is 1. The Kier molecular flexibility index (Phi) is 3.10. The maximum absolute atomic E-state index is 5.75. The van der Waals surface area contributed by atoms with Crippen molar-refractivity contribution in [3.8, 4) is 11.8 Å². The molecule has 2 aromatic rings. The normalized spacial score (nSPS) is 10.4. The van der Waals surface area contributed by atoms with Gasteiger partial charge in [0.15, 0.2) is 0 Å². The summed E-state index contributed by atoms with van der Waals surface area (Å²) in [6.45, 7) is 3.81. The summed E-state index contributed by atoms with van der Waals surface area (Å²) in [7, 11) is 0. The van der Waals surface area contributed by atoms with E-state index in [1.54, 1.807) is 6.07 Å². The lowest BCUT2D eigenvalue weighted by molar-refractivity contribution is 0.442. The number of alkyl halides is 1. The third kappa shape index (κ3) is 2.33. The predicted molar refractivity (Wildman–Crippen MR) is 61.9 cm³/mol. The summed E-state index contributed by atoms with van der Waals surface area (Å²) in [5, 5.41) is 6.77. The molecule has 0 atom stereocenters. The third-order valence-electron chi connectivity index (χ3n) is 2.21. The number of halogens is 1. The molecule has 0 aliphatic rings. The van der Waals surface area contributed by atoms with Crippen LogP contribution in [0.15, 0.2) is 18.2 Å². The molecule has 0 radical (unpaired) electrons. The van der Waals surface area contributed by atoms with Gasteiger partial charge in [-0.25, -0.2) is 4.98 Å². The Labute approximate surface area is 98.6 Å². The fourth-order valence-corrected chi connectivity index (χ4v) is 1.60. The molecule has 5 heteroatoms. The topological polar surface area (TPSA) is 50.8 Å².